The first-order valence-corrected chi connectivity index (χ1v) is 20.5. The fraction of sp³-hybridized carbons (Fsp3) is 0.625. The molecule has 3 rings (SSSR count). The number of rotatable bonds is 21. The van der Waals surface area contributed by atoms with Crippen LogP contribution < -0.4 is 31.0 Å². The van der Waals surface area contributed by atoms with Gasteiger partial charge in [0.05, 0.1) is 19.5 Å². The molecule has 0 aromatic carbocycles. The van der Waals surface area contributed by atoms with Gasteiger partial charge in [0.15, 0.2) is 22.8 Å². The van der Waals surface area contributed by atoms with Crippen molar-refractivity contribution in [3.8, 4) is 0 Å². The van der Waals surface area contributed by atoms with Crippen molar-refractivity contribution in [2.24, 2.45) is 5.41 Å². The van der Waals surface area contributed by atoms with E-state index in [9.17, 15) is 62.7 Å². The molecule has 3 heterocycles. The lowest BCUT2D eigenvalue weighted by Crippen LogP contribution is -2.46. The van der Waals surface area contributed by atoms with E-state index >= 15 is 0 Å². The van der Waals surface area contributed by atoms with Crippen LogP contribution in [0.3, 0.4) is 0 Å². The number of imidazole rings is 1. The van der Waals surface area contributed by atoms with E-state index in [-0.39, 0.29) is 42.2 Å². The second kappa shape index (κ2) is 18.8. The summed E-state index contributed by atoms with van der Waals surface area (Å²) in [7, 11) is -17.4. The van der Waals surface area contributed by atoms with Crippen molar-refractivity contribution in [3.63, 3.8) is 0 Å². The van der Waals surface area contributed by atoms with E-state index in [0.717, 1.165) is 17.2 Å². The highest BCUT2D eigenvalue weighted by molar-refractivity contribution is 8.13. The number of fused-ring (bicyclic) bond motifs is 1. The first kappa shape index (κ1) is 45.4. The predicted octanol–water partition coefficient (Wildman–Crippen LogP) is -3.76. The van der Waals surface area contributed by atoms with E-state index in [2.05, 4.69) is 43.5 Å². The van der Waals surface area contributed by atoms with E-state index in [1.807, 2.05) is 0 Å². The van der Waals surface area contributed by atoms with E-state index in [1.54, 1.807) is 0 Å². The van der Waals surface area contributed by atoms with E-state index in [0.29, 0.717) is 11.8 Å². The van der Waals surface area contributed by atoms with Gasteiger partial charge in [0, 0.05) is 30.7 Å². The number of carboxylic acid groups (broad SMARTS) is 1. The van der Waals surface area contributed by atoms with Crippen molar-refractivity contribution in [1.29, 1.82) is 0 Å². The van der Waals surface area contributed by atoms with Crippen LogP contribution >= 0.6 is 35.2 Å². The van der Waals surface area contributed by atoms with Crippen LogP contribution in [0, 0.1) is 5.41 Å². The lowest BCUT2D eigenvalue weighted by Gasteiger charge is -2.35. The summed E-state index contributed by atoms with van der Waals surface area (Å²) in [6, 6.07) is 0. The smallest absolute Gasteiger partial charge is 0.311 e. The number of anilines is 1. The van der Waals surface area contributed by atoms with E-state index < -0.39 is 102 Å². The third-order valence-electron chi connectivity index (χ3n) is 7.04. The largest absolute Gasteiger partial charge is 0.756 e. The number of nitrogens with one attached hydrogen (secondary N) is 2. The number of amides is 2. The number of carbonyl (C=O) groups is 4. The van der Waals surface area contributed by atoms with Crippen LogP contribution in [0.15, 0.2) is 12.7 Å². The summed E-state index contributed by atoms with van der Waals surface area (Å²) in [5.41, 5.74) is 4.04. The number of hydrogen-bond donors (Lipinski definition) is 7. The molecule has 0 bridgehead atoms. The molecule has 8 atom stereocenters. The molecule has 3 unspecified atom stereocenters. The second-order valence-corrected chi connectivity index (χ2v) is 17.1. The molecule has 2 aromatic rings. The number of phosphoric acid groups is 3. The normalized spacial score (nSPS) is 22.8. The van der Waals surface area contributed by atoms with Gasteiger partial charge in [0.1, 0.15) is 42.7 Å². The Bertz CT molecular complexity index is 1830. The summed E-state index contributed by atoms with van der Waals surface area (Å²) in [6.45, 7) is -0.217. The lowest BCUT2D eigenvalue weighted by atomic mass is 9.87. The van der Waals surface area contributed by atoms with Gasteiger partial charge in [-0.2, -0.15) is 0 Å². The van der Waals surface area contributed by atoms with Crippen LogP contribution in [0.1, 0.15) is 32.9 Å². The number of hydrogen-bond acceptors (Lipinski definition) is 22. The van der Waals surface area contributed by atoms with Crippen LogP contribution in [-0.2, 0) is 55.5 Å². The molecular formula is C24H35N7O19P3S-3. The van der Waals surface area contributed by atoms with Crippen molar-refractivity contribution < 1.29 is 90.4 Å². The van der Waals surface area contributed by atoms with Gasteiger partial charge in [-0.05, 0) is 0 Å². The highest BCUT2D eigenvalue weighted by Crippen LogP contribution is 2.56. The minimum Gasteiger partial charge on any atom is -0.756 e. The number of aliphatic carboxylic acids is 1. The fourth-order valence-electron chi connectivity index (χ4n) is 4.45. The van der Waals surface area contributed by atoms with Crippen LogP contribution in [-0.4, -0.2) is 119 Å². The molecule has 1 aliphatic heterocycles. The summed E-state index contributed by atoms with van der Waals surface area (Å²) in [5.74, 6) is -2.89. The average molecular weight is 851 g/mol. The van der Waals surface area contributed by atoms with E-state index in [1.165, 1.54) is 13.8 Å². The Morgan fingerprint density at radius 3 is 2.41 bits per heavy atom. The minimum absolute atomic E-state index is 0.0177. The van der Waals surface area contributed by atoms with Crippen LogP contribution in [0.25, 0.3) is 11.2 Å². The van der Waals surface area contributed by atoms with Crippen molar-refractivity contribution in [3.05, 3.63) is 12.7 Å². The number of carbonyl (C=O) groups excluding carboxylic acids is 3. The average Bonchev–Trinajstić information content (AvgIpc) is 3.60. The number of aliphatic hydroxyl groups is 2. The number of thioether (sulfide) groups is 1. The van der Waals surface area contributed by atoms with Crippen molar-refractivity contribution in [2.75, 3.05) is 37.8 Å². The number of aromatic nitrogens is 4. The molecule has 2 aromatic heterocycles. The second-order valence-electron chi connectivity index (χ2n) is 11.8. The van der Waals surface area contributed by atoms with Gasteiger partial charge in [0.25, 0.3) is 23.5 Å². The highest BCUT2D eigenvalue weighted by atomic mass is 32.2. The third kappa shape index (κ3) is 13.6. The Morgan fingerprint density at radius 1 is 1.09 bits per heavy atom. The molecule has 54 heavy (non-hydrogen) atoms. The molecule has 1 saturated heterocycles. The fourth-order valence-corrected chi connectivity index (χ4v) is 7.85. The van der Waals surface area contributed by atoms with Gasteiger partial charge in [-0.25, -0.2) is 19.3 Å². The topological polar surface area (TPSA) is 409 Å². The summed E-state index contributed by atoms with van der Waals surface area (Å²) < 4.78 is 60.5. The van der Waals surface area contributed by atoms with Gasteiger partial charge in [0.2, 0.25) is 11.8 Å². The molecule has 8 N–H and O–H groups in total. The zero-order chi connectivity index (χ0) is 40.6. The molecule has 0 spiro atoms. The van der Waals surface area contributed by atoms with Gasteiger partial charge >= 0.3 is 5.97 Å². The third-order valence-corrected chi connectivity index (χ3v) is 10.9. The number of nitrogen functional groups attached to an aromatic ring is 1. The Hall–Kier alpha value is -2.97. The Balaban J connectivity index is 1.51. The monoisotopic (exact) mass is 850 g/mol. The highest BCUT2D eigenvalue weighted by Gasteiger charge is 2.48. The molecule has 0 radical (unpaired) electrons. The van der Waals surface area contributed by atoms with Gasteiger partial charge < -0.3 is 69.6 Å². The molecule has 1 aliphatic rings. The van der Waals surface area contributed by atoms with Crippen molar-refractivity contribution in [2.45, 2.75) is 57.3 Å². The number of phosphoric ester groups is 3. The quantitative estimate of drug-likeness (QED) is 0.0360. The first-order valence-electron chi connectivity index (χ1n) is 15.1. The summed E-state index contributed by atoms with van der Waals surface area (Å²) in [5, 5.41) is 33.9. The lowest BCUT2D eigenvalue weighted by molar-refractivity contribution is -0.247. The predicted molar refractivity (Wildman–Crippen MR) is 173 cm³/mol. The number of nitrogens with zero attached hydrogens (tertiary/aromatic N) is 4. The van der Waals surface area contributed by atoms with Gasteiger partial charge in [-0.1, -0.05) is 25.6 Å². The molecule has 1 fully saturated rings. The Kier molecular flexibility index (Phi) is 15.8. The maximum Gasteiger partial charge on any atom is 0.311 e. The number of nitrogens with two attached hydrogens (primary N) is 1. The summed E-state index contributed by atoms with van der Waals surface area (Å²) in [4.78, 5) is 103. The molecule has 2 amide bonds. The first-order chi connectivity index (χ1) is 24.9. The van der Waals surface area contributed by atoms with Gasteiger partial charge in [-0.3, -0.25) is 37.4 Å². The molecule has 0 saturated carbocycles. The van der Waals surface area contributed by atoms with Crippen molar-refractivity contribution in [1.82, 2.24) is 30.2 Å². The standard InChI is InChI=1S/C24H38N7O19P3S/c1-24(2,19(37)22(38)27-4-3-13(32)26-5-6-54-15(35)7-14(33)34)9-47-53(44,45)50-52(42,43)46-8-12-18(49-51(39,40)41)17(36)23(48-12)31-11-30-16-20(25)28-10-29-21(16)31/h10-12,17-19,23,36-37H,3-9H2,1-2H3,(H,26,32)(H,27,38)(H,33,34)(H,42,43)(H,44,45)(H2,25,28,29)(H2,39,40,41)/p-3/t12-,17-,18-,19+,23-/m1/s1. The molecule has 26 nitrogen and oxygen atoms in total. The van der Waals surface area contributed by atoms with Gasteiger partial charge in [-0.15, -0.1) is 0 Å². The Labute approximate surface area is 308 Å². The summed E-state index contributed by atoms with van der Waals surface area (Å²) in [6.07, 6.45) is -8.26. The zero-order valence-electron chi connectivity index (χ0n) is 28.0. The maximum atomic E-state index is 12.5. The SMILES string of the molecule is CC(C)(COP(=O)([O-])OP(=O)([O-])OC[C@H]1O[C@@H](n2cnc3c(N)ncnc32)[C@H](O)[C@@H]1OP(=O)([O-])O)[C@@H](O)C(=O)NCCC(=O)NCCSC(=O)CC(=O)O. The number of ether oxygens (including phenoxy) is 1. The van der Waals surface area contributed by atoms with Crippen LogP contribution in [0.4, 0.5) is 5.82 Å². The van der Waals surface area contributed by atoms with Crippen LogP contribution in [0.5, 0.6) is 0 Å². The minimum atomic E-state index is -5.91. The Morgan fingerprint density at radius 2 is 1.76 bits per heavy atom. The molecular weight excluding hydrogens is 815 g/mol. The van der Waals surface area contributed by atoms with E-state index in [4.69, 9.17) is 15.6 Å². The number of aliphatic hydroxyl groups excluding tert-OH is 2. The molecule has 30 heteroatoms. The molecule has 0 aliphatic carbocycles. The zero-order valence-corrected chi connectivity index (χ0v) is 31.5. The summed E-state index contributed by atoms with van der Waals surface area (Å²) >= 11 is 0.708. The van der Waals surface area contributed by atoms with Crippen molar-refractivity contribution >= 4 is 75.1 Å². The molecule has 304 valence electrons. The van der Waals surface area contributed by atoms with Crippen LogP contribution in [0.2, 0.25) is 0 Å². The number of carboxylic acids is 1. The maximum absolute atomic E-state index is 12.5.